The molecule has 0 aliphatic rings. The molecule has 1 unspecified atom stereocenters. The smallest absolute Gasteiger partial charge is 0.376 e. The van der Waals surface area contributed by atoms with Gasteiger partial charge in [-0.05, 0) is 30.7 Å². The fraction of sp³-hybridized carbons (Fsp3) is 0.214. The summed E-state index contributed by atoms with van der Waals surface area (Å²) < 4.78 is 4.59. The number of carbonyl (C=O) groups is 1. The minimum Gasteiger partial charge on any atom is -0.463 e. The van der Waals surface area contributed by atoms with Crippen LogP contribution in [0.4, 0.5) is 5.82 Å². The van der Waals surface area contributed by atoms with Gasteiger partial charge in [0, 0.05) is 17.3 Å². The van der Waals surface area contributed by atoms with Gasteiger partial charge in [-0.15, -0.1) is 0 Å². The molecule has 1 heterocycles. The van der Waals surface area contributed by atoms with Gasteiger partial charge < -0.3 is 10.1 Å². The van der Waals surface area contributed by atoms with Crippen LogP contribution in [-0.4, -0.2) is 23.0 Å². The predicted molar refractivity (Wildman–Crippen MR) is 76.9 cm³/mol. The number of rotatable bonds is 4. The zero-order valence-corrected chi connectivity index (χ0v) is 11.9. The highest BCUT2D eigenvalue weighted by molar-refractivity contribution is 6.30. The Bertz CT molecular complexity index is 619. The number of benzene rings is 1. The van der Waals surface area contributed by atoms with Crippen LogP contribution in [0.3, 0.4) is 0 Å². The van der Waals surface area contributed by atoms with Crippen LogP contribution in [0.25, 0.3) is 0 Å². The SMILES string of the molecule is COC(=O)c1nccc(NC(C)c2cccc(Cl)c2)n1. The molecule has 20 heavy (non-hydrogen) atoms. The zero-order valence-electron chi connectivity index (χ0n) is 11.1. The molecule has 104 valence electrons. The van der Waals surface area contributed by atoms with E-state index in [9.17, 15) is 4.79 Å². The van der Waals surface area contributed by atoms with Gasteiger partial charge in [0.05, 0.1) is 7.11 Å². The Kier molecular flexibility index (Phi) is 4.53. The van der Waals surface area contributed by atoms with Crippen molar-refractivity contribution in [2.75, 3.05) is 12.4 Å². The van der Waals surface area contributed by atoms with Gasteiger partial charge in [-0.1, -0.05) is 23.7 Å². The standard InChI is InChI=1S/C14H14ClN3O2/c1-9(10-4-3-5-11(15)8-10)17-12-6-7-16-13(18-12)14(19)20-2/h3-9H,1-2H3,(H,16,17,18). The van der Waals surface area contributed by atoms with Gasteiger partial charge >= 0.3 is 5.97 Å². The van der Waals surface area contributed by atoms with Crippen molar-refractivity contribution in [1.29, 1.82) is 0 Å². The lowest BCUT2D eigenvalue weighted by atomic mass is 10.1. The molecule has 0 bridgehead atoms. The highest BCUT2D eigenvalue weighted by atomic mass is 35.5. The summed E-state index contributed by atoms with van der Waals surface area (Å²) in [6.07, 6.45) is 1.51. The molecule has 1 aromatic carbocycles. The second-order valence-electron chi connectivity index (χ2n) is 4.18. The molecule has 0 fully saturated rings. The van der Waals surface area contributed by atoms with Crippen LogP contribution in [0.15, 0.2) is 36.5 Å². The lowest BCUT2D eigenvalue weighted by molar-refractivity contribution is 0.0587. The summed E-state index contributed by atoms with van der Waals surface area (Å²) in [5.74, 6) is 0.00716. The number of esters is 1. The van der Waals surface area contributed by atoms with E-state index in [1.165, 1.54) is 13.3 Å². The van der Waals surface area contributed by atoms with Gasteiger partial charge in [-0.2, -0.15) is 0 Å². The van der Waals surface area contributed by atoms with E-state index in [2.05, 4.69) is 20.0 Å². The molecule has 6 heteroatoms. The van der Waals surface area contributed by atoms with E-state index < -0.39 is 5.97 Å². The Balaban J connectivity index is 2.15. The molecule has 1 N–H and O–H groups in total. The zero-order chi connectivity index (χ0) is 14.5. The fourth-order valence-corrected chi connectivity index (χ4v) is 1.91. The molecule has 0 saturated carbocycles. The predicted octanol–water partition coefficient (Wildman–Crippen LogP) is 3.09. The first-order chi connectivity index (χ1) is 9.60. The summed E-state index contributed by atoms with van der Waals surface area (Å²) in [7, 11) is 1.29. The Hall–Kier alpha value is -2.14. The minimum absolute atomic E-state index is 0.00547. The van der Waals surface area contributed by atoms with E-state index in [1.807, 2.05) is 31.2 Å². The highest BCUT2D eigenvalue weighted by Crippen LogP contribution is 2.20. The molecule has 1 atom stereocenters. The van der Waals surface area contributed by atoms with Crippen LogP contribution < -0.4 is 5.32 Å². The van der Waals surface area contributed by atoms with Crippen molar-refractivity contribution in [3.8, 4) is 0 Å². The molecule has 0 aliphatic carbocycles. The summed E-state index contributed by atoms with van der Waals surface area (Å²) in [5.41, 5.74) is 1.02. The van der Waals surface area contributed by atoms with Crippen LogP contribution in [0.5, 0.6) is 0 Å². The molecule has 0 radical (unpaired) electrons. The third-order valence-corrected chi connectivity index (χ3v) is 2.97. The number of hydrogen-bond acceptors (Lipinski definition) is 5. The average Bonchev–Trinajstić information content (AvgIpc) is 2.46. The van der Waals surface area contributed by atoms with Crippen molar-refractivity contribution in [2.45, 2.75) is 13.0 Å². The van der Waals surface area contributed by atoms with Crippen LogP contribution >= 0.6 is 11.6 Å². The van der Waals surface area contributed by atoms with Gasteiger partial charge in [0.15, 0.2) is 0 Å². The first kappa shape index (κ1) is 14.3. The van der Waals surface area contributed by atoms with Crippen molar-refractivity contribution < 1.29 is 9.53 Å². The number of nitrogens with zero attached hydrogens (tertiary/aromatic N) is 2. The fourth-order valence-electron chi connectivity index (χ4n) is 1.71. The van der Waals surface area contributed by atoms with Crippen molar-refractivity contribution >= 4 is 23.4 Å². The summed E-state index contributed by atoms with van der Waals surface area (Å²) in [4.78, 5) is 19.3. The van der Waals surface area contributed by atoms with Gasteiger partial charge in [0.1, 0.15) is 5.82 Å². The molecule has 5 nitrogen and oxygen atoms in total. The lowest BCUT2D eigenvalue weighted by Gasteiger charge is -2.15. The van der Waals surface area contributed by atoms with E-state index >= 15 is 0 Å². The van der Waals surface area contributed by atoms with Gasteiger partial charge in [-0.3, -0.25) is 0 Å². The summed E-state index contributed by atoms with van der Waals surface area (Å²) in [6.45, 7) is 1.98. The summed E-state index contributed by atoms with van der Waals surface area (Å²) in [6, 6.07) is 9.23. The molecule has 2 rings (SSSR count). The number of carbonyl (C=O) groups excluding carboxylic acids is 1. The first-order valence-corrected chi connectivity index (χ1v) is 6.41. The van der Waals surface area contributed by atoms with E-state index in [-0.39, 0.29) is 11.9 Å². The third-order valence-electron chi connectivity index (χ3n) is 2.74. The number of nitrogens with one attached hydrogen (secondary N) is 1. The van der Waals surface area contributed by atoms with Crippen LogP contribution in [0.2, 0.25) is 5.02 Å². The second kappa shape index (κ2) is 6.34. The maximum Gasteiger partial charge on any atom is 0.376 e. The monoisotopic (exact) mass is 291 g/mol. The number of ether oxygens (including phenoxy) is 1. The van der Waals surface area contributed by atoms with Crippen molar-refractivity contribution in [1.82, 2.24) is 9.97 Å². The number of hydrogen-bond donors (Lipinski definition) is 1. The third kappa shape index (κ3) is 3.45. The van der Waals surface area contributed by atoms with Gasteiger partial charge in [0.25, 0.3) is 0 Å². The number of aromatic nitrogens is 2. The molecular weight excluding hydrogens is 278 g/mol. The first-order valence-electron chi connectivity index (χ1n) is 6.03. The van der Waals surface area contributed by atoms with Crippen molar-refractivity contribution in [2.24, 2.45) is 0 Å². The Morgan fingerprint density at radius 2 is 2.20 bits per heavy atom. The van der Waals surface area contributed by atoms with E-state index in [1.54, 1.807) is 6.07 Å². The highest BCUT2D eigenvalue weighted by Gasteiger charge is 2.11. The Morgan fingerprint density at radius 3 is 2.90 bits per heavy atom. The van der Waals surface area contributed by atoms with Crippen LogP contribution in [-0.2, 0) is 4.74 Å². The van der Waals surface area contributed by atoms with Crippen LogP contribution in [0, 0.1) is 0 Å². The van der Waals surface area contributed by atoms with Gasteiger partial charge in [0.2, 0.25) is 5.82 Å². The second-order valence-corrected chi connectivity index (χ2v) is 4.61. The number of methoxy groups -OCH3 is 1. The lowest BCUT2D eigenvalue weighted by Crippen LogP contribution is -2.12. The van der Waals surface area contributed by atoms with E-state index in [0.29, 0.717) is 10.8 Å². The molecule has 1 aromatic heterocycles. The van der Waals surface area contributed by atoms with Crippen LogP contribution in [0.1, 0.15) is 29.1 Å². The molecule has 0 aliphatic heterocycles. The topological polar surface area (TPSA) is 64.1 Å². The minimum atomic E-state index is -0.566. The largest absolute Gasteiger partial charge is 0.463 e. The average molecular weight is 292 g/mol. The Labute approximate surface area is 122 Å². The maximum absolute atomic E-state index is 11.4. The van der Waals surface area contributed by atoms with E-state index in [4.69, 9.17) is 11.6 Å². The normalized spacial score (nSPS) is 11.8. The molecule has 2 aromatic rings. The van der Waals surface area contributed by atoms with Gasteiger partial charge in [-0.25, -0.2) is 14.8 Å². The van der Waals surface area contributed by atoms with Crippen molar-refractivity contribution in [3.63, 3.8) is 0 Å². The molecule has 0 amide bonds. The quantitative estimate of drug-likeness (QED) is 0.877. The summed E-state index contributed by atoms with van der Waals surface area (Å²) in [5, 5.41) is 3.86. The van der Waals surface area contributed by atoms with Crippen molar-refractivity contribution in [3.05, 3.63) is 52.9 Å². The molecular formula is C14H14ClN3O2. The summed E-state index contributed by atoms with van der Waals surface area (Å²) >= 11 is 5.96. The Morgan fingerprint density at radius 1 is 1.40 bits per heavy atom. The number of anilines is 1. The molecule has 0 spiro atoms. The number of halogens is 1. The molecule has 0 saturated heterocycles. The van der Waals surface area contributed by atoms with E-state index in [0.717, 1.165) is 5.56 Å². The maximum atomic E-state index is 11.4.